The number of alkyl halides is 3. The minimum Gasteiger partial charge on any atom is -0.462 e. The summed E-state index contributed by atoms with van der Waals surface area (Å²) in [5.41, 5.74) is 0.0656. The molecule has 1 aliphatic heterocycles. The lowest BCUT2D eigenvalue weighted by atomic mass is 9.98. The maximum atomic E-state index is 13.6. The molecular weight excluding hydrogens is 585 g/mol. The number of piperidine rings is 1. The lowest BCUT2D eigenvalue weighted by molar-refractivity contribution is -0.140. The molecule has 3 aromatic heterocycles. The molecule has 3 N–H and O–H groups in total. The minimum absolute atomic E-state index is 0.0103. The molecular formula is C29H29F3N6O4S. The van der Waals surface area contributed by atoms with Gasteiger partial charge in [-0.3, -0.25) is 10.1 Å². The largest absolute Gasteiger partial charge is 0.462 e. The van der Waals surface area contributed by atoms with Gasteiger partial charge in [-0.2, -0.15) is 13.2 Å². The predicted molar refractivity (Wildman–Crippen MR) is 157 cm³/mol. The van der Waals surface area contributed by atoms with E-state index in [1.54, 1.807) is 38.2 Å². The third-order valence-electron chi connectivity index (χ3n) is 7.01. The van der Waals surface area contributed by atoms with Gasteiger partial charge in [0.1, 0.15) is 16.4 Å². The molecule has 1 atom stereocenters. The van der Waals surface area contributed by atoms with Crippen LogP contribution in [0.3, 0.4) is 0 Å². The third kappa shape index (κ3) is 6.39. The minimum atomic E-state index is -4.64. The van der Waals surface area contributed by atoms with Crippen LogP contribution in [0.5, 0.6) is 0 Å². The molecule has 43 heavy (non-hydrogen) atoms. The molecule has 0 saturated carbocycles. The molecule has 0 spiro atoms. The number of esters is 1. The summed E-state index contributed by atoms with van der Waals surface area (Å²) in [4.78, 5) is 46.7. The van der Waals surface area contributed by atoms with Gasteiger partial charge in [-0.15, -0.1) is 11.3 Å². The summed E-state index contributed by atoms with van der Waals surface area (Å²) >= 11 is 0.795. The van der Waals surface area contributed by atoms with E-state index < -0.39 is 29.3 Å². The van der Waals surface area contributed by atoms with Crippen LogP contribution in [0.15, 0.2) is 46.8 Å². The maximum absolute atomic E-state index is 13.6. The van der Waals surface area contributed by atoms with Crippen LogP contribution in [0.1, 0.15) is 48.8 Å². The highest BCUT2D eigenvalue weighted by atomic mass is 32.1. The van der Waals surface area contributed by atoms with E-state index in [-0.39, 0.29) is 40.0 Å². The Morgan fingerprint density at radius 2 is 2.02 bits per heavy atom. The summed E-state index contributed by atoms with van der Waals surface area (Å²) in [5.74, 6) is -0.631. The number of fused-ring (bicyclic) bond motifs is 1. The zero-order valence-electron chi connectivity index (χ0n) is 23.4. The molecule has 0 aliphatic carbocycles. The van der Waals surface area contributed by atoms with E-state index in [9.17, 15) is 27.6 Å². The Morgan fingerprint density at radius 3 is 2.70 bits per heavy atom. The molecule has 1 aliphatic rings. The van der Waals surface area contributed by atoms with E-state index in [1.165, 1.54) is 12.3 Å². The molecule has 14 heteroatoms. The molecule has 1 fully saturated rings. The fraction of sp³-hybridized carbons (Fsp3) is 0.345. The van der Waals surface area contributed by atoms with E-state index in [0.29, 0.717) is 29.7 Å². The number of carbonyl (C=O) groups excluding carboxylic acids is 2. The topological polar surface area (TPSA) is 127 Å². The Balaban J connectivity index is 1.69. The van der Waals surface area contributed by atoms with Crippen LogP contribution in [0.2, 0.25) is 0 Å². The Hall–Kier alpha value is -4.30. The van der Waals surface area contributed by atoms with Crippen molar-refractivity contribution in [3.8, 4) is 21.7 Å². The Morgan fingerprint density at radius 1 is 1.21 bits per heavy atom. The molecule has 0 unspecified atom stereocenters. The average molecular weight is 615 g/mol. The van der Waals surface area contributed by atoms with Crippen LogP contribution in [0.4, 0.5) is 23.8 Å². The van der Waals surface area contributed by atoms with Crippen LogP contribution in [-0.2, 0) is 10.9 Å². The lowest BCUT2D eigenvalue weighted by Gasteiger charge is -2.27. The third-order valence-corrected chi connectivity index (χ3v) is 7.89. The molecule has 1 saturated heterocycles. The summed E-state index contributed by atoms with van der Waals surface area (Å²) in [7, 11) is 0. The van der Waals surface area contributed by atoms with Crippen LogP contribution < -0.4 is 21.4 Å². The number of benzene rings is 1. The zero-order valence-corrected chi connectivity index (χ0v) is 24.2. The van der Waals surface area contributed by atoms with E-state index in [2.05, 4.69) is 25.9 Å². The molecule has 1 aromatic carbocycles. The second kappa shape index (κ2) is 12.5. The first-order chi connectivity index (χ1) is 20.6. The number of thiazole rings is 1. The van der Waals surface area contributed by atoms with Crippen LogP contribution in [0.25, 0.3) is 32.6 Å². The van der Waals surface area contributed by atoms with Gasteiger partial charge < -0.3 is 19.9 Å². The standard InChI is InChI=1S/C29H29F3N6O4S/c1-3-34-28(41)37-24-11-18(26-36-23(15-43-26)29(30,31)32)20(13-35-24)16-7-8-22-19(10-16)25(39)21(27(40)42-4-2)14-38(22)17-6-5-9-33-12-17/h7-8,10-11,13-15,17,33H,3-6,9,12H2,1-2H3,(H2,34,35,37,41)/t17-/m0/s1. The number of halogens is 3. The van der Waals surface area contributed by atoms with Crippen LogP contribution in [-0.4, -0.2) is 52.8 Å². The fourth-order valence-electron chi connectivity index (χ4n) is 5.03. The number of nitrogens with zero attached hydrogens (tertiary/aromatic N) is 3. The summed E-state index contributed by atoms with van der Waals surface area (Å²) in [6.45, 7) is 5.38. The van der Waals surface area contributed by atoms with Crippen molar-refractivity contribution in [3.63, 3.8) is 0 Å². The molecule has 4 heterocycles. The SMILES string of the molecule is CCNC(=O)Nc1cc(-c2nc(C(F)(F)F)cs2)c(-c2ccc3c(c2)c(=O)c(C(=O)OCC)cn3[C@H]2CCCNC2)cn1. The van der Waals surface area contributed by atoms with Crippen LogP contribution >= 0.6 is 11.3 Å². The van der Waals surface area contributed by atoms with Crippen LogP contribution in [0, 0.1) is 0 Å². The number of hydrogen-bond donors (Lipinski definition) is 3. The number of nitrogens with one attached hydrogen (secondary N) is 3. The average Bonchev–Trinajstić information content (AvgIpc) is 3.49. The van der Waals surface area contributed by atoms with Crippen molar-refractivity contribution in [3.05, 3.63) is 63.5 Å². The van der Waals surface area contributed by atoms with Gasteiger partial charge in [-0.1, -0.05) is 6.07 Å². The number of anilines is 1. The van der Waals surface area contributed by atoms with Crippen molar-refractivity contribution in [2.24, 2.45) is 0 Å². The lowest BCUT2D eigenvalue weighted by Crippen LogP contribution is -2.33. The first kappa shape index (κ1) is 30.2. The number of rotatable bonds is 7. The second-order valence-electron chi connectivity index (χ2n) is 9.87. The molecule has 0 radical (unpaired) electrons. The Kier molecular flexibility index (Phi) is 8.78. The second-order valence-corrected chi connectivity index (χ2v) is 10.7. The molecule has 10 nitrogen and oxygen atoms in total. The number of carbonyl (C=O) groups is 2. The van der Waals surface area contributed by atoms with E-state index in [1.807, 2.05) is 4.57 Å². The smallest absolute Gasteiger partial charge is 0.434 e. The van der Waals surface area contributed by atoms with Crippen molar-refractivity contribution < 1.29 is 27.5 Å². The van der Waals surface area contributed by atoms with Gasteiger partial charge in [0, 0.05) is 53.4 Å². The first-order valence-electron chi connectivity index (χ1n) is 13.8. The van der Waals surface area contributed by atoms with Gasteiger partial charge in [-0.25, -0.2) is 19.6 Å². The van der Waals surface area contributed by atoms with E-state index in [0.717, 1.165) is 36.1 Å². The van der Waals surface area contributed by atoms with Gasteiger partial charge in [0.15, 0.2) is 5.69 Å². The molecule has 4 aromatic rings. The number of urea groups is 1. The van der Waals surface area contributed by atoms with Crippen molar-refractivity contribution in [2.45, 2.75) is 38.9 Å². The first-order valence-corrected chi connectivity index (χ1v) is 14.6. The number of ether oxygens (including phenoxy) is 1. The zero-order chi connectivity index (χ0) is 30.7. The van der Waals surface area contributed by atoms with Crippen molar-refractivity contribution >= 4 is 40.1 Å². The summed E-state index contributed by atoms with van der Waals surface area (Å²) < 4.78 is 47.4. The summed E-state index contributed by atoms with van der Waals surface area (Å²) in [5, 5.41) is 9.70. The van der Waals surface area contributed by atoms with Crippen molar-refractivity contribution in [1.82, 2.24) is 25.2 Å². The van der Waals surface area contributed by atoms with Gasteiger partial charge in [0.25, 0.3) is 0 Å². The quantitative estimate of drug-likeness (QED) is 0.236. The van der Waals surface area contributed by atoms with Crippen molar-refractivity contribution in [2.75, 3.05) is 31.6 Å². The Labute approximate surface area is 248 Å². The van der Waals surface area contributed by atoms with E-state index in [4.69, 9.17) is 4.74 Å². The van der Waals surface area contributed by atoms with E-state index >= 15 is 0 Å². The highest BCUT2D eigenvalue weighted by molar-refractivity contribution is 7.13. The summed E-state index contributed by atoms with van der Waals surface area (Å²) in [6, 6.07) is 6.00. The number of pyridine rings is 2. The Bertz CT molecular complexity index is 1730. The fourth-order valence-corrected chi connectivity index (χ4v) is 5.89. The monoisotopic (exact) mass is 614 g/mol. The van der Waals surface area contributed by atoms with Gasteiger partial charge in [0.2, 0.25) is 5.43 Å². The van der Waals surface area contributed by atoms with Gasteiger partial charge in [0.05, 0.1) is 12.1 Å². The molecule has 226 valence electrons. The van der Waals surface area contributed by atoms with Crippen molar-refractivity contribution in [1.29, 1.82) is 0 Å². The number of hydrogen-bond acceptors (Lipinski definition) is 8. The highest BCUT2D eigenvalue weighted by Crippen LogP contribution is 2.39. The molecule has 5 rings (SSSR count). The molecule has 0 bridgehead atoms. The highest BCUT2D eigenvalue weighted by Gasteiger charge is 2.34. The predicted octanol–water partition coefficient (Wildman–Crippen LogP) is 5.45. The molecule has 2 amide bonds. The number of aromatic nitrogens is 3. The normalized spacial score (nSPS) is 15.3. The van der Waals surface area contributed by atoms with Gasteiger partial charge >= 0.3 is 18.2 Å². The maximum Gasteiger partial charge on any atom is 0.434 e. The summed E-state index contributed by atoms with van der Waals surface area (Å²) in [6.07, 6.45) is 0.0727. The number of amides is 2. The van der Waals surface area contributed by atoms with Gasteiger partial charge in [-0.05, 0) is 57.0 Å².